The van der Waals surface area contributed by atoms with Crippen LogP contribution in [0.25, 0.3) is 0 Å². The van der Waals surface area contributed by atoms with Gasteiger partial charge in [0, 0.05) is 37.3 Å². The van der Waals surface area contributed by atoms with Gasteiger partial charge in [-0.15, -0.1) is 0 Å². The van der Waals surface area contributed by atoms with Crippen LogP contribution in [0.3, 0.4) is 0 Å². The molecule has 0 aromatic rings. The molecular weight excluding hydrogens is 301 g/mol. The van der Waals surface area contributed by atoms with Crippen molar-refractivity contribution >= 4 is 59.2 Å². The van der Waals surface area contributed by atoms with Crippen LogP contribution in [0.1, 0.15) is 0 Å². The first-order valence-corrected chi connectivity index (χ1v) is 2.35. The number of hydrogen-bond donors (Lipinski definition) is 3. The average Bonchev–Trinajstić information content (AvgIpc) is 0.722. The van der Waals surface area contributed by atoms with Crippen molar-refractivity contribution in [3.05, 3.63) is 0 Å². The molecule has 0 atom stereocenters. The Labute approximate surface area is 113 Å². The Balaban J connectivity index is -0.0000000800. The predicted octanol–water partition coefficient (Wildman–Crippen LogP) is -1.58. The summed E-state index contributed by atoms with van der Waals surface area (Å²) in [6.45, 7) is 0. The van der Waals surface area contributed by atoms with Crippen LogP contribution in [0.5, 0.6) is 0 Å². The van der Waals surface area contributed by atoms with Crippen molar-refractivity contribution in [2.45, 2.75) is 0 Å². The van der Waals surface area contributed by atoms with E-state index in [9.17, 15) is 0 Å². The monoisotopic (exact) mass is 304 g/mol. The van der Waals surface area contributed by atoms with E-state index in [4.69, 9.17) is 19.2 Å². The Hall–Kier alpha value is 2.99. The topological polar surface area (TPSA) is 77.8 Å². The van der Waals surface area contributed by atoms with Gasteiger partial charge in [0.2, 0.25) is 0 Å². The van der Waals surface area contributed by atoms with Gasteiger partial charge in [-0.05, 0) is 0 Å². The van der Waals surface area contributed by atoms with Crippen molar-refractivity contribution in [3.8, 4) is 0 Å². The molecule has 0 aliphatic carbocycles. The molecule has 0 spiro atoms. The van der Waals surface area contributed by atoms with Gasteiger partial charge >= 0.3 is 59.2 Å². The standard InChI is InChI=1S/Er.K.H3O4P.H/c;;1-5(2,3)4;/h;;(H3,1,2,3,4);. The molecule has 0 fully saturated rings. The minimum absolute atomic E-state index is 0. The number of hydrogen-bond acceptors (Lipinski definition) is 1. The third-order valence-electron chi connectivity index (χ3n) is 0. The van der Waals surface area contributed by atoms with Crippen LogP contribution >= 0.6 is 7.82 Å². The Bertz CT molecular complexity index is 57.8. The molecular formula is H4ErKO4P. The zero-order valence-electron chi connectivity index (χ0n) is 2.49. The summed E-state index contributed by atoms with van der Waals surface area (Å²) in [5.41, 5.74) is 0. The number of phosphoric acid groups is 1. The van der Waals surface area contributed by atoms with Gasteiger partial charge in [-0.3, -0.25) is 0 Å². The molecule has 7 heavy (non-hydrogen) atoms. The fourth-order valence-electron chi connectivity index (χ4n) is 0. The van der Waals surface area contributed by atoms with E-state index < -0.39 is 7.82 Å². The normalized spacial score (nSPS) is 8.43. The summed E-state index contributed by atoms with van der Waals surface area (Å²) >= 11 is 0. The van der Waals surface area contributed by atoms with Crippen LogP contribution in [-0.2, 0) is 4.57 Å². The Morgan fingerprint density at radius 3 is 1.14 bits per heavy atom. The maximum absolute atomic E-state index is 8.88. The van der Waals surface area contributed by atoms with Gasteiger partial charge in [-0.2, -0.15) is 0 Å². The van der Waals surface area contributed by atoms with E-state index >= 15 is 0 Å². The Morgan fingerprint density at radius 1 is 1.14 bits per heavy atom. The van der Waals surface area contributed by atoms with Gasteiger partial charge in [0.15, 0.2) is 0 Å². The van der Waals surface area contributed by atoms with Crippen molar-refractivity contribution in [2.24, 2.45) is 0 Å². The molecule has 0 unspecified atom stereocenters. The van der Waals surface area contributed by atoms with Crippen molar-refractivity contribution in [3.63, 3.8) is 0 Å². The second-order valence-electron chi connectivity index (χ2n) is 0.513. The first-order chi connectivity index (χ1) is 2.00. The Morgan fingerprint density at radius 2 is 1.14 bits per heavy atom. The first kappa shape index (κ1) is 16.5. The quantitative estimate of drug-likeness (QED) is 0.373. The molecule has 0 saturated heterocycles. The van der Waals surface area contributed by atoms with Crippen molar-refractivity contribution in [2.75, 3.05) is 0 Å². The first-order valence-electron chi connectivity index (χ1n) is 0.783. The second-order valence-corrected chi connectivity index (χ2v) is 1.54. The van der Waals surface area contributed by atoms with Gasteiger partial charge < -0.3 is 14.7 Å². The van der Waals surface area contributed by atoms with Crippen LogP contribution in [0.15, 0.2) is 0 Å². The molecule has 0 heterocycles. The van der Waals surface area contributed by atoms with E-state index in [0.717, 1.165) is 0 Å². The van der Waals surface area contributed by atoms with Crippen LogP contribution in [0.4, 0.5) is 0 Å². The summed E-state index contributed by atoms with van der Waals surface area (Å²) in [4.78, 5) is 21.6. The second kappa shape index (κ2) is 7.10. The number of rotatable bonds is 0. The molecule has 46 valence electrons. The van der Waals surface area contributed by atoms with Crippen LogP contribution in [-0.4, -0.2) is 66.1 Å². The SMILES string of the molecule is O=P(O)(O)O.[Er].[KH]. The summed E-state index contributed by atoms with van der Waals surface area (Å²) in [7, 11) is -4.64. The summed E-state index contributed by atoms with van der Waals surface area (Å²) in [5, 5.41) is 0. The molecule has 3 N–H and O–H groups in total. The predicted molar refractivity (Wildman–Crippen MR) is 21.4 cm³/mol. The Kier molecular flexibility index (Phi) is 16.8. The van der Waals surface area contributed by atoms with E-state index in [-0.39, 0.29) is 88.7 Å². The van der Waals surface area contributed by atoms with Gasteiger partial charge in [0.05, 0.1) is 0 Å². The molecule has 0 aromatic heterocycles. The molecule has 0 amide bonds. The van der Waals surface area contributed by atoms with Crippen LogP contribution < -0.4 is 0 Å². The summed E-state index contributed by atoms with van der Waals surface area (Å²) in [6, 6.07) is 0. The molecule has 0 bridgehead atoms. The molecule has 0 radical (unpaired) electrons. The molecule has 0 aliphatic rings. The average molecular weight is 305 g/mol. The van der Waals surface area contributed by atoms with Gasteiger partial charge in [-0.1, -0.05) is 0 Å². The summed E-state index contributed by atoms with van der Waals surface area (Å²) in [5.74, 6) is 0. The zero-order chi connectivity index (χ0) is 4.50. The van der Waals surface area contributed by atoms with Crippen molar-refractivity contribution in [1.82, 2.24) is 0 Å². The van der Waals surface area contributed by atoms with Crippen molar-refractivity contribution < 1.29 is 56.6 Å². The molecule has 0 saturated carbocycles. The van der Waals surface area contributed by atoms with E-state index in [1.807, 2.05) is 0 Å². The molecule has 4 nitrogen and oxygen atoms in total. The van der Waals surface area contributed by atoms with Gasteiger partial charge in [-0.25, -0.2) is 4.57 Å². The zero-order valence-corrected chi connectivity index (χ0v) is 5.23. The third-order valence-corrected chi connectivity index (χ3v) is 0. The van der Waals surface area contributed by atoms with Crippen LogP contribution in [0.2, 0.25) is 0 Å². The molecule has 0 aliphatic heterocycles. The molecule has 7 heteroatoms. The van der Waals surface area contributed by atoms with E-state index in [1.165, 1.54) is 0 Å². The van der Waals surface area contributed by atoms with Crippen molar-refractivity contribution in [1.29, 1.82) is 0 Å². The molecule has 0 rings (SSSR count). The van der Waals surface area contributed by atoms with Crippen LogP contribution in [0, 0.1) is 37.3 Å². The van der Waals surface area contributed by atoms with Gasteiger partial charge in [0.25, 0.3) is 0 Å². The minimum atomic E-state index is -4.64. The van der Waals surface area contributed by atoms with Gasteiger partial charge in [0.1, 0.15) is 0 Å². The van der Waals surface area contributed by atoms with E-state index in [1.54, 1.807) is 0 Å². The third kappa shape index (κ3) is 49.1. The van der Waals surface area contributed by atoms with E-state index in [0.29, 0.717) is 0 Å². The maximum atomic E-state index is 8.88. The summed E-state index contributed by atoms with van der Waals surface area (Å²) < 4.78 is 8.88. The van der Waals surface area contributed by atoms with E-state index in [2.05, 4.69) is 0 Å². The fourth-order valence-corrected chi connectivity index (χ4v) is 0. The summed E-state index contributed by atoms with van der Waals surface area (Å²) in [6.07, 6.45) is 0. The fraction of sp³-hybridized carbons (Fsp3) is 0. The molecule has 0 aromatic carbocycles.